The lowest BCUT2D eigenvalue weighted by molar-refractivity contribution is -0.147. The third kappa shape index (κ3) is 29.8. The van der Waals surface area contributed by atoms with E-state index in [1.165, 1.54) is 40.2 Å². The monoisotopic (exact) mass is 1630 g/mol. The van der Waals surface area contributed by atoms with Crippen molar-refractivity contribution < 1.29 is 101 Å². The van der Waals surface area contributed by atoms with Crippen molar-refractivity contribution in [1.29, 1.82) is 0 Å². The van der Waals surface area contributed by atoms with Crippen molar-refractivity contribution in [1.82, 2.24) is 65.2 Å². The van der Waals surface area contributed by atoms with Gasteiger partial charge in [-0.3, -0.25) is 91.6 Å². The number of thioether (sulfide) groups is 2. The Morgan fingerprint density at radius 3 is 1.65 bits per heavy atom. The fourth-order valence-electron chi connectivity index (χ4n) is 14.3. The van der Waals surface area contributed by atoms with Gasteiger partial charge in [0.25, 0.3) is 0 Å². The van der Waals surface area contributed by atoms with Crippen LogP contribution in [0.15, 0.2) is 48.5 Å². The number of ketones is 1. The first-order valence-electron chi connectivity index (χ1n) is 37.9. The van der Waals surface area contributed by atoms with Crippen LogP contribution in [0.3, 0.4) is 0 Å². The van der Waals surface area contributed by atoms with Gasteiger partial charge >= 0.3 is 23.9 Å². The van der Waals surface area contributed by atoms with Crippen LogP contribution in [-0.2, 0) is 102 Å². The molecule has 14 N–H and O–H groups in total. The van der Waals surface area contributed by atoms with Crippen LogP contribution in [0.25, 0.3) is 0 Å². The quantitative estimate of drug-likeness (QED) is 0.0400. The number of rotatable bonds is 27. The van der Waals surface area contributed by atoms with E-state index >= 15 is 9.59 Å². The number of aliphatic hydroxyl groups excluding tert-OH is 1. The van der Waals surface area contributed by atoms with E-state index in [-0.39, 0.29) is 146 Å². The van der Waals surface area contributed by atoms with Crippen LogP contribution in [0.1, 0.15) is 107 Å². The van der Waals surface area contributed by atoms with Crippen LogP contribution >= 0.6 is 23.5 Å². The van der Waals surface area contributed by atoms with Gasteiger partial charge in [0, 0.05) is 134 Å². The number of hydrogen-bond acceptors (Lipinski definition) is 24. The summed E-state index contributed by atoms with van der Waals surface area (Å²) in [7, 11) is -4.12. The zero-order valence-corrected chi connectivity index (χ0v) is 65.9. The average molecular weight is 1630 g/mol. The molecule has 7 rings (SSSR count). The second kappa shape index (κ2) is 44.9. The number of benzene rings is 2. The molecule has 0 unspecified atom stereocenters. The summed E-state index contributed by atoms with van der Waals surface area (Å²) >= 11 is 2.42. The van der Waals surface area contributed by atoms with Crippen LogP contribution in [0.4, 0.5) is 0 Å². The number of carboxylic acids is 4. The van der Waals surface area contributed by atoms with Crippen molar-refractivity contribution in [2.24, 2.45) is 17.4 Å². The number of unbranched alkanes of at least 4 members (excludes halogenated alkanes) is 2. The summed E-state index contributed by atoms with van der Waals surface area (Å²) in [6, 6.07) is 3.72. The Balaban J connectivity index is 1.23. The van der Waals surface area contributed by atoms with Crippen molar-refractivity contribution in [3.8, 4) is 0 Å². The molecule has 0 aromatic heterocycles. The van der Waals surface area contributed by atoms with Gasteiger partial charge in [0.05, 0.1) is 56.4 Å². The van der Waals surface area contributed by atoms with Crippen molar-refractivity contribution in [3.63, 3.8) is 0 Å². The number of piperazine rings is 1. The molecule has 620 valence electrons. The number of sulfonamides is 1. The van der Waals surface area contributed by atoms with Crippen molar-refractivity contribution in [2.45, 2.75) is 157 Å². The number of fused-ring (bicyclic) bond motifs is 4. The molecule has 0 spiro atoms. The molecule has 5 aliphatic heterocycles. The lowest BCUT2D eigenvalue weighted by atomic mass is 9.94. The number of carbonyl (C=O) groups excluding carboxylic acids is 10. The molecule has 9 atom stereocenters. The Hall–Kier alpha value is -8.41. The van der Waals surface area contributed by atoms with E-state index in [0.717, 1.165) is 5.56 Å². The molecule has 5 heterocycles. The van der Waals surface area contributed by atoms with Gasteiger partial charge in [-0.05, 0) is 74.1 Å². The number of primary amides is 2. The molecule has 9 amide bonds. The number of Topliss-reactive ketones (excluding diaryl/α,β-unsaturated/α-hetero) is 1. The molecule has 2 bridgehead atoms. The van der Waals surface area contributed by atoms with Crippen LogP contribution in [-0.4, -0.2) is 339 Å². The minimum absolute atomic E-state index is 0.0564. The second-order valence-electron chi connectivity index (χ2n) is 29.2. The highest BCUT2D eigenvalue weighted by Crippen LogP contribution is 2.29. The maximum atomic E-state index is 15.1. The molecule has 0 aliphatic carbocycles. The minimum Gasteiger partial charge on any atom is -0.481 e. The molecule has 0 saturated carbocycles. The van der Waals surface area contributed by atoms with Gasteiger partial charge in [-0.2, -0.15) is 23.5 Å². The predicted octanol–water partition coefficient (Wildman–Crippen LogP) is -2.89. The lowest BCUT2D eigenvalue weighted by Gasteiger charge is -2.37. The summed E-state index contributed by atoms with van der Waals surface area (Å²) in [6.07, 6.45) is -1.83. The number of carboxylic acid groups (broad SMARTS) is 4. The molecular weight excluding hydrogens is 1520 g/mol. The lowest BCUT2D eigenvalue weighted by Crippen LogP contribution is -2.61. The third-order valence-corrected chi connectivity index (χ3v) is 24.0. The normalized spacial score (nSPS) is 23.8. The maximum absolute atomic E-state index is 15.1. The van der Waals surface area contributed by atoms with E-state index in [0.29, 0.717) is 81.5 Å². The summed E-state index contributed by atoms with van der Waals surface area (Å²) in [5.74, 6) is -14.6. The van der Waals surface area contributed by atoms with Gasteiger partial charge in [0.15, 0.2) is 5.78 Å². The largest absolute Gasteiger partial charge is 0.481 e. The van der Waals surface area contributed by atoms with E-state index in [9.17, 15) is 91.5 Å². The summed E-state index contributed by atoms with van der Waals surface area (Å²) in [6.45, 7) is 5.56. The summed E-state index contributed by atoms with van der Waals surface area (Å²) in [4.78, 5) is 203. The maximum Gasteiger partial charge on any atom is 0.317 e. The number of carbonyl (C=O) groups is 14. The second-order valence-corrected chi connectivity index (χ2v) is 33.1. The van der Waals surface area contributed by atoms with E-state index in [4.69, 9.17) is 11.5 Å². The van der Waals surface area contributed by atoms with E-state index in [1.807, 2.05) is 30.0 Å². The summed E-state index contributed by atoms with van der Waals surface area (Å²) in [5, 5.41) is 60.1. The number of aliphatic carboxylic acids is 4. The highest BCUT2D eigenvalue weighted by molar-refractivity contribution is 7.98. The molecule has 2 aromatic carbocycles. The summed E-state index contributed by atoms with van der Waals surface area (Å²) < 4.78 is 30.6. The molecule has 36 nitrogen and oxygen atoms in total. The third-order valence-electron chi connectivity index (χ3n) is 20.3. The van der Waals surface area contributed by atoms with Crippen LogP contribution in [0.2, 0.25) is 0 Å². The van der Waals surface area contributed by atoms with Gasteiger partial charge in [-0.15, -0.1) is 0 Å². The zero-order valence-electron chi connectivity index (χ0n) is 63.5. The first kappa shape index (κ1) is 90.8. The summed E-state index contributed by atoms with van der Waals surface area (Å²) in [5.41, 5.74) is 13.9. The molecular formula is C73H109N15O21S3. The zero-order chi connectivity index (χ0) is 81.8. The van der Waals surface area contributed by atoms with Crippen LogP contribution in [0, 0.1) is 5.92 Å². The Bertz CT molecular complexity index is 3710. The van der Waals surface area contributed by atoms with Gasteiger partial charge < -0.3 is 73.0 Å². The number of aliphatic hydroxyl groups is 1. The topological polar surface area (TPSA) is 512 Å². The van der Waals surface area contributed by atoms with Crippen LogP contribution < -0.4 is 37.5 Å². The molecule has 4 saturated heterocycles. The average Bonchev–Trinajstić information content (AvgIpc) is 1.66. The van der Waals surface area contributed by atoms with Gasteiger partial charge in [0.1, 0.15) is 36.3 Å². The Morgan fingerprint density at radius 2 is 1.12 bits per heavy atom. The molecule has 4 fully saturated rings. The van der Waals surface area contributed by atoms with E-state index < -0.39 is 167 Å². The number of nitrogens with zero attached hydrogens (tertiary/aromatic N) is 8. The SMILES string of the molecule is CCCCCS(=O)(=O)N[C@H]1CSCc2cc(cc(CN3CCN(C(=O)CN4CCN(CC(=O)O)CCN(CC(=O)O)CCN(CC(=O)O)CC4)CC3)c2)CSC[C@@H](C(=O)N[C@@H](CC(=O)O)C(N)=O)CC(=O)[C@H](Cc2ccccc2)NC(=O)[C@H](CCC(N)=O)NC(=O)[C@H]([C@@H](C)O)NC(=O)[C@@H]2CCCN2C(=O)[C@@H]2CCCN2C1=O. The first-order chi connectivity index (χ1) is 53.2. The fourth-order valence-corrected chi connectivity index (χ4v) is 17.8. The fraction of sp³-hybridized carbons (Fsp3) is 0.644. The molecule has 112 heavy (non-hydrogen) atoms. The Morgan fingerprint density at radius 1 is 0.598 bits per heavy atom. The molecule has 39 heteroatoms. The van der Waals surface area contributed by atoms with Crippen molar-refractivity contribution in [2.75, 3.05) is 135 Å². The molecule has 5 aliphatic rings. The Kier molecular flexibility index (Phi) is 36.4. The van der Waals surface area contributed by atoms with E-state index in [1.54, 1.807) is 49.9 Å². The standard InChI is InChI=1S/C73H109N15O21S3/c1-3-4-8-31-112(108,109)80-56-46-111-44-51-33-49(38-81-27-29-86(30-28-81)61(92)39-82-19-21-83(40-63(95)96)23-25-85(42-65(99)100)26-24-84(22-20-82)41-64(97)98)32-50(34-51)43-110-45-52(68(102)78-55(67(75)101)37-62(93)94)36-59(90)54(35-48-11-6-5-7-12-48)77-69(103)53(15-16-60(74)91)76-71(105)66(47(2)89)79-70(104)57-13-9-17-87(57)73(107)58-14-10-18-88(58)72(56)106/h5-7,11-12,32-34,47,52-58,66,80,89H,3-4,8-10,13-31,35-46H2,1-2H3,(H2,74,91)(H2,75,101)(H,76,105)(H,77,103)(H,78,102)(H,79,104)(H,93,94)(H,95,96)(H,97,98)(H,99,100)/t47-,52+,53+,54+,55+,56+,57+,58+,66+/m1/s1. The first-order valence-corrected chi connectivity index (χ1v) is 41.9. The van der Waals surface area contributed by atoms with Crippen molar-refractivity contribution in [3.05, 3.63) is 70.8 Å². The number of amides is 9. The molecule has 2 aromatic rings. The van der Waals surface area contributed by atoms with Crippen LogP contribution in [0.5, 0.6) is 0 Å². The predicted molar refractivity (Wildman–Crippen MR) is 412 cm³/mol. The van der Waals surface area contributed by atoms with Gasteiger partial charge in [-0.1, -0.05) is 68.3 Å². The number of nitrogens with one attached hydrogen (secondary N) is 5. The Labute approximate surface area is 659 Å². The van der Waals surface area contributed by atoms with Gasteiger partial charge in [0.2, 0.25) is 63.2 Å². The number of nitrogens with two attached hydrogens (primary N) is 2. The smallest absolute Gasteiger partial charge is 0.317 e. The number of hydrogen-bond donors (Lipinski definition) is 12. The highest BCUT2D eigenvalue weighted by Gasteiger charge is 2.45. The van der Waals surface area contributed by atoms with E-state index in [2.05, 4.69) is 30.9 Å². The van der Waals surface area contributed by atoms with Crippen molar-refractivity contribution >= 4 is 116 Å². The highest BCUT2D eigenvalue weighted by atomic mass is 32.2. The molecule has 0 radical (unpaired) electrons. The minimum atomic E-state index is -4.12. The van der Waals surface area contributed by atoms with Gasteiger partial charge in [-0.25, -0.2) is 13.1 Å².